The fourth-order valence-corrected chi connectivity index (χ4v) is 2.77. The zero-order valence-electron chi connectivity index (χ0n) is 19.1. The molecule has 0 atom stereocenters. The summed E-state index contributed by atoms with van der Waals surface area (Å²) in [6, 6.07) is 27.4. The highest BCUT2D eigenvalue weighted by Crippen LogP contribution is 2.15. The second-order valence-electron chi connectivity index (χ2n) is 7.21. The molecule has 4 N–H and O–H groups in total. The molecule has 4 rings (SSSR count). The number of benzene rings is 4. The van der Waals surface area contributed by atoms with Crippen molar-refractivity contribution < 1.29 is 20.4 Å². The molecule has 0 aliphatic carbocycles. The second kappa shape index (κ2) is 13.5. The van der Waals surface area contributed by atoms with Gasteiger partial charge >= 0.3 is 0 Å². The van der Waals surface area contributed by atoms with E-state index < -0.39 is 0 Å². The van der Waals surface area contributed by atoms with E-state index in [0.29, 0.717) is 22.3 Å². The maximum atomic E-state index is 9.49. The zero-order valence-corrected chi connectivity index (χ0v) is 19.1. The van der Waals surface area contributed by atoms with Crippen molar-refractivity contribution in [1.29, 1.82) is 0 Å². The molecule has 0 spiro atoms. The van der Waals surface area contributed by atoms with Gasteiger partial charge in [0.2, 0.25) is 0 Å². The third-order valence-electron chi connectivity index (χ3n) is 4.67. The molecule has 36 heavy (non-hydrogen) atoms. The third-order valence-corrected chi connectivity index (χ3v) is 4.67. The predicted molar refractivity (Wildman–Crippen MR) is 143 cm³/mol. The minimum Gasteiger partial charge on any atom is -0.507 e. The van der Waals surface area contributed by atoms with Crippen molar-refractivity contribution in [3.05, 3.63) is 119 Å². The van der Waals surface area contributed by atoms with Gasteiger partial charge in [-0.1, -0.05) is 48.5 Å². The van der Waals surface area contributed by atoms with E-state index in [1.807, 2.05) is 0 Å². The summed E-state index contributed by atoms with van der Waals surface area (Å²) >= 11 is 0. The minimum absolute atomic E-state index is 0.152. The van der Waals surface area contributed by atoms with Gasteiger partial charge in [-0.25, -0.2) is 0 Å². The molecule has 8 heteroatoms. The fourth-order valence-electron chi connectivity index (χ4n) is 2.77. The van der Waals surface area contributed by atoms with Crippen LogP contribution in [0, 0.1) is 0 Å². The Morgan fingerprint density at radius 2 is 0.528 bits per heavy atom. The summed E-state index contributed by atoms with van der Waals surface area (Å²) in [5.41, 5.74) is 2.36. The molecule has 8 nitrogen and oxygen atoms in total. The maximum absolute atomic E-state index is 9.49. The minimum atomic E-state index is 0.152. The largest absolute Gasteiger partial charge is 0.507 e. The molecular weight excluding hydrogens is 456 g/mol. The molecule has 180 valence electrons. The lowest BCUT2D eigenvalue weighted by molar-refractivity contribution is 0.474. The highest BCUT2D eigenvalue weighted by Gasteiger charge is 1.96. The molecule has 0 unspecified atom stereocenters. The number of phenolic OH excluding ortho intramolecular Hbond substituents is 4. The van der Waals surface area contributed by atoms with Crippen molar-refractivity contribution >= 4 is 24.9 Å². The summed E-state index contributed by atoms with van der Waals surface area (Å²) in [5, 5.41) is 53.2. The van der Waals surface area contributed by atoms with Gasteiger partial charge in [-0.15, -0.1) is 0 Å². The van der Waals surface area contributed by atoms with E-state index in [1.54, 1.807) is 97.1 Å². The molecular formula is C28H24N4O4. The van der Waals surface area contributed by atoms with Crippen LogP contribution in [0.15, 0.2) is 117 Å². The monoisotopic (exact) mass is 480 g/mol. The summed E-state index contributed by atoms with van der Waals surface area (Å²) in [4.78, 5) is 0. The normalized spacial score (nSPS) is 11.3. The third kappa shape index (κ3) is 7.96. The average Bonchev–Trinajstić information content (AvgIpc) is 2.89. The first-order valence-corrected chi connectivity index (χ1v) is 10.8. The second-order valence-corrected chi connectivity index (χ2v) is 7.21. The lowest BCUT2D eigenvalue weighted by Gasteiger charge is -1.95. The maximum Gasteiger partial charge on any atom is 0.124 e. The molecule has 0 aliphatic rings. The van der Waals surface area contributed by atoms with Crippen molar-refractivity contribution in [1.82, 2.24) is 0 Å². The predicted octanol–water partition coefficient (Wildman–Crippen LogP) is 5.10. The van der Waals surface area contributed by atoms with Crippen LogP contribution in [0.25, 0.3) is 0 Å². The average molecular weight is 481 g/mol. The van der Waals surface area contributed by atoms with Crippen molar-refractivity contribution in [3.63, 3.8) is 0 Å². The van der Waals surface area contributed by atoms with E-state index in [9.17, 15) is 20.4 Å². The number of hydrogen-bond donors (Lipinski definition) is 4. The van der Waals surface area contributed by atoms with Crippen LogP contribution in [0.3, 0.4) is 0 Å². The zero-order chi connectivity index (χ0) is 25.6. The van der Waals surface area contributed by atoms with E-state index in [2.05, 4.69) is 20.4 Å². The molecule has 0 heterocycles. The molecule has 0 aromatic heterocycles. The lowest BCUT2D eigenvalue weighted by atomic mass is 10.2. The van der Waals surface area contributed by atoms with Gasteiger partial charge in [0.05, 0.1) is 24.9 Å². The van der Waals surface area contributed by atoms with Gasteiger partial charge in [-0.3, -0.25) is 0 Å². The number of phenols is 4. The van der Waals surface area contributed by atoms with Gasteiger partial charge in [-0.2, -0.15) is 20.4 Å². The first kappa shape index (κ1) is 25.4. The van der Waals surface area contributed by atoms with Gasteiger partial charge in [0.25, 0.3) is 0 Å². The Bertz CT molecular complexity index is 1180. The SMILES string of the molecule is Oc1ccccc1/C=N/N=C/c1ccccc1O.Oc1ccccc1/C=N/N=C/c1ccccc1O. The number of aromatic hydroxyl groups is 4. The Balaban J connectivity index is 0.000000201. The van der Waals surface area contributed by atoms with Crippen molar-refractivity contribution in [2.75, 3.05) is 0 Å². The Kier molecular flexibility index (Phi) is 9.49. The van der Waals surface area contributed by atoms with E-state index in [4.69, 9.17) is 0 Å². The van der Waals surface area contributed by atoms with E-state index in [-0.39, 0.29) is 23.0 Å². The fraction of sp³-hybridized carbons (Fsp3) is 0. The van der Waals surface area contributed by atoms with Gasteiger partial charge in [-0.05, 0) is 48.5 Å². The molecule has 0 saturated heterocycles. The Hall–Kier alpha value is -5.24. The quantitative estimate of drug-likeness (QED) is 0.226. The van der Waals surface area contributed by atoms with Crippen LogP contribution in [0.5, 0.6) is 23.0 Å². The highest BCUT2D eigenvalue weighted by atomic mass is 16.3. The number of rotatable bonds is 6. The molecule has 0 saturated carbocycles. The van der Waals surface area contributed by atoms with E-state index in [0.717, 1.165) is 0 Å². The lowest BCUT2D eigenvalue weighted by Crippen LogP contribution is -1.82. The smallest absolute Gasteiger partial charge is 0.124 e. The molecule has 4 aromatic rings. The van der Waals surface area contributed by atoms with Gasteiger partial charge in [0, 0.05) is 22.3 Å². The van der Waals surface area contributed by atoms with Crippen LogP contribution in [-0.4, -0.2) is 45.3 Å². The summed E-state index contributed by atoms with van der Waals surface area (Å²) in [6.07, 6.45) is 5.80. The Morgan fingerprint density at radius 3 is 0.722 bits per heavy atom. The Labute approximate surface area is 208 Å². The number of hydrogen-bond acceptors (Lipinski definition) is 8. The van der Waals surface area contributed by atoms with Crippen LogP contribution >= 0.6 is 0 Å². The molecule has 0 radical (unpaired) electrons. The van der Waals surface area contributed by atoms with Crippen molar-refractivity contribution in [2.24, 2.45) is 20.4 Å². The number of para-hydroxylation sites is 4. The van der Waals surface area contributed by atoms with Crippen LogP contribution in [-0.2, 0) is 0 Å². The molecule has 0 amide bonds. The van der Waals surface area contributed by atoms with Crippen molar-refractivity contribution in [3.8, 4) is 23.0 Å². The van der Waals surface area contributed by atoms with Gasteiger partial charge < -0.3 is 20.4 Å². The number of nitrogens with zero attached hydrogens (tertiary/aromatic N) is 4. The molecule has 4 aromatic carbocycles. The van der Waals surface area contributed by atoms with Crippen LogP contribution in [0.2, 0.25) is 0 Å². The first-order chi connectivity index (χ1) is 17.5. The van der Waals surface area contributed by atoms with Crippen LogP contribution in [0.4, 0.5) is 0 Å². The summed E-state index contributed by atoms with van der Waals surface area (Å²) < 4.78 is 0. The van der Waals surface area contributed by atoms with Gasteiger partial charge in [0.15, 0.2) is 0 Å². The van der Waals surface area contributed by atoms with Gasteiger partial charge in [0.1, 0.15) is 23.0 Å². The summed E-state index contributed by atoms with van der Waals surface area (Å²) in [6.45, 7) is 0. The van der Waals surface area contributed by atoms with E-state index in [1.165, 1.54) is 24.9 Å². The summed E-state index contributed by atoms with van der Waals surface area (Å²) in [5.74, 6) is 0.607. The Morgan fingerprint density at radius 1 is 0.333 bits per heavy atom. The van der Waals surface area contributed by atoms with Crippen LogP contribution in [0.1, 0.15) is 22.3 Å². The molecule has 0 fully saturated rings. The standard InChI is InChI=1S/2C14H12N2O2/c2*17-13-7-3-1-5-11(13)9-15-16-10-12-6-2-4-8-14(12)18/h2*1-10,17-18H/b2*15-9+,16-10+. The van der Waals surface area contributed by atoms with Crippen LogP contribution < -0.4 is 0 Å². The molecule has 0 bridgehead atoms. The highest BCUT2D eigenvalue weighted by molar-refractivity contribution is 5.87. The van der Waals surface area contributed by atoms with E-state index >= 15 is 0 Å². The molecule has 0 aliphatic heterocycles. The van der Waals surface area contributed by atoms with Crippen molar-refractivity contribution in [2.45, 2.75) is 0 Å². The first-order valence-electron chi connectivity index (χ1n) is 10.8. The summed E-state index contributed by atoms with van der Waals surface area (Å²) in [7, 11) is 0. The topological polar surface area (TPSA) is 130 Å².